The van der Waals surface area contributed by atoms with Gasteiger partial charge in [0.1, 0.15) is 30.3 Å². The second-order valence-corrected chi connectivity index (χ2v) is 9.83. The van der Waals surface area contributed by atoms with Gasteiger partial charge in [-0.1, -0.05) is 24.1 Å². The molecular formula is C30H43NO10. The summed E-state index contributed by atoms with van der Waals surface area (Å²) in [5.41, 5.74) is 4.17. The van der Waals surface area contributed by atoms with Crippen molar-refractivity contribution >= 4 is 18.0 Å². The summed E-state index contributed by atoms with van der Waals surface area (Å²) in [5, 5.41) is 12.5. The number of hydrogen-bond donors (Lipinski definition) is 2. The molecule has 0 radical (unpaired) electrons. The maximum absolute atomic E-state index is 12.6. The van der Waals surface area contributed by atoms with Gasteiger partial charge in [0.05, 0.1) is 26.2 Å². The normalized spacial score (nSPS) is 13.9. The molecule has 0 saturated carbocycles. The largest absolute Gasteiger partial charge is 0.496 e. The second-order valence-electron chi connectivity index (χ2n) is 9.83. The van der Waals surface area contributed by atoms with E-state index in [2.05, 4.69) is 5.32 Å². The Kier molecular flexibility index (Phi) is 14.2. The van der Waals surface area contributed by atoms with Gasteiger partial charge >= 0.3 is 18.0 Å². The monoisotopic (exact) mass is 577 g/mol. The van der Waals surface area contributed by atoms with Crippen LogP contribution in [0.5, 0.6) is 11.5 Å². The van der Waals surface area contributed by atoms with E-state index in [4.69, 9.17) is 28.4 Å². The van der Waals surface area contributed by atoms with Gasteiger partial charge in [-0.05, 0) is 58.1 Å². The van der Waals surface area contributed by atoms with Gasteiger partial charge in [-0.15, -0.1) is 0 Å². The molecule has 1 aromatic rings. The summed E-state index contributed by atoms with van der Waals surface area (Å²) in [6, 6.07) is 0. The van der Waals surface area contributed by atoms with Crippen molar-refractivity contribution in [3.63, 3.8) is 0 Å². The molecule has 1 atom stereocenters. The van der Waals surface area contributed by atoms with E-state index in [0.717, 1.165) is 23.1 Å². The zero-order valence-corrected chi connectivity index (χ0v) is 24.9. The van der Waals surface area contributed by atoms with Crippen LogP contribution in [0.2, 0.25) is 0 Å². The molecule has 0 bridgehead atoms. The van der Waals surface area contributed by atoms with Crippen LogP contribution in [-0.2, 0) is 36.8 Å². The van der Waals surface area contributed by atoms with E-state index in [1.165, 1.54) is 0 Å². The lowest BCUT2D eigenvalue weighted by Gasteiger charge is -2.20. The summed E-state index contributed by atoms with van der Waals surface area (Å²) in [7, 11) is 3.12. The van der Waals surface area contributed by atoms with Crippen LogP contribution in [0.4, 0.5) is 4.79 Å². The molecule has 2 rings (SSSR count). The zero-order valence-electron chi connectivity index (χ0n) is 24.9. The third kappa shape index (κ3) is 10.1. The molecule has 0 aliphatic carbocycles. The Bertz CT molecular complexity index is 1130. The summed E-state index contributed by atoms with van der Waals surface area (Å²) in [6.07, 6.45) is 4.89. The average molecular weight is 578 g/mol. The fourth-order valence-electron chi connectivity index (χ4n) is 4.48. The number of rotatable bonds is 18. The average Bonchev–Trinajstić information content (AvgIpc) is 3.32. The molecule has 1 heterocycles. The van der Waals surface area contributed by atoms with Gasteiger partial charge in [0, 0.05) is 24.8 Å². The highest BCUT2D eigenvalue weighted by Crippen LogP contribution is 2.43. The van der Waals surface area contributed by atoms with Crippen molar-refractivity contribution in [3.8, 4) is 11.5 Å². The molecule has 1 aromatic carbocycles. The van der Waals surface area contributed by atoms with Crippen molar-refractivity contribution < 1.29 is 47.9 Å². The first-order valence-corrected chi connectivity index (χ1v) is 13.7. The van der Waals surface area contributed by atoms with Crippen LogP contribution in [0.1, 0.15) is 67.1 Å². The smallest absolute Gasteiger partial charge is 0.407 e. The fraction of sp³-hybridized carbons (Fsp3) is 0.567. The molecule has 0 aromatic heterocycles. The van der Waals surface area contributed by atoms with E-state index in [-0.39, 0.29) is 20.0 Å². The molecule has 0 spiro atoms. The molecule has 1 amide bonds. The third-order valence-corrected chi connectivity index (χ3v) is 6.65. The maximum Gasteiger partial charge on any atom is 0.407 e. The highest BCUT2D eigenvalue weighted by Gasteiger charge is 2.33. The molecule has 228 valence electrons. The number of alkyl carbamates (subject to hydrolysis) is 1. The molecule has 1 aliphatic heterocycles. The van der Waals surface area contributed by atoms with Crippen LogP contribution >= 0.6 is 0 Å². The number of carbonyl (C=O) groups is 3. The van der Waals surface area contributed by atoms with E-state index < -0.39 is 23.9 Å². The Labute approximate surface area is 241 Å². The number of benzene rings is 1. The van der Waals surface area contributed by atoms with Gasteiger partial charge < -0.3 is 38.8 Å². The zero-order chi connectivity index (χ0) is 30.4. The quantitative estimate of drug-likeness (QED) is 0.109. The molecule has 0 fully saturated rings. The maximum atomic E-state index is 12.6. The van der Waals surface area contributed by atoms with Gasteiger partial charge in [-0.25, -0.2) is 9.59 Å². The minimum absolute atomic E-state index is 0.0699. The minimum Gasteiger partial charge on any atom is -0.496 e. The summed E-state index contributed by atoms with van der Waals surface area (Å²) in [5.74, 6) is -1.14. The Morgan fingerprint density at radius 3 is 2.44 bits per heavy atom. The van der Waals surface area contributed by atoms with E-state index >= 15 is 0 Å². The lowest BCUT2D eigenvalue weighted by atomic mass is 9.91. The third-order valence-electron chi connectivity index (χ3n) is 6.65. The number of ether oxygens (including phenoxy) is 6. The van der Waals surface area contributed by atoms with Crippen molar-refractivity contribution in [1.29, 1.82) is 0 Å². The number of fused-ring (bicyclic) bond motifs is 1. The van der Waals surface area contributed by atoms with Crippen molar-refractivity contribution in [1.82, 2.24) is 5.32 Å². The number of esters is 1. The Hall–Kier alpha value is -3.57. The Balaban J connectivity index is 2.20. The van der Waals surface area contributed by atoms with Crippen LogP contribution in [0.15, 0.2) is 23.3 Å². The van der Waals surface area contributed by atoms with Crippen molar-refractivity contribution in [2.75, 3.05) is 47.4 Å². The first kappa shape index (κ1) is 33.6. The first-order valence-electron chi connectivity index (χ1n) is 13.7. The molecule has 1 unspecified atom stereocenters. The fourth-order valence-corrected chi connectivity index (χ4v) is 4.48. The first-order chi connectivity index (χ1) is 19.6. The second kappa shape index (κ2) is 17.3. The molecular weight excluding hydrogens is 534 g/mol. The van der Waals surface area contributed by atoms with Gasteiger partial charge in [-0.2, -0.15) is 0 Å². The number of carboxylic acids is 1. The number of methoxy groups -OCH3 is 2. The van der Waals surface area contributed by atoms with E-state index in [0.29, 0.717) is 67.2 Å². The predicted molar refractivity (Wildman–Crippen MR) is 151 cm³/mol. The van der Waals surface area contributed by atoms with Gasteiger partial charge in [0.15, 0.2) is 6.79 Å². The summed E-state index contributed by atoms with van der Waals surface area (Å²) in [6.45, 7) is 8.86. The van der Waals surface area contributed by atoms with Crippen LogP contribution in [0.25, 0.3) is 0 Å². The number of carboxylic acid groups (broad SMARTS) is 1. The van der Waals surface area contributed by atoms with Crippen molar-refractivity contribution in [2.45, 2.75) is 60.0 Å². The highest BCUT2D eigenvalue weighted by molar-refractivity contribution is 5.98. The number of cyclic esters (lactones) is 1. The van der Waals surface area contributed by atoms with E-state index in [1.807, 2.05) is 33.8 Å². The number of nitrogens with one attached hydrogen (secondary N) is 1. The summed E-state index contributed by atoms with van der Waals surface area (Å²) < 4.78 is 32.5. The molecule has 1 aliphatic rings. The number of amides is 1. The molecule has 2 N–H and O–H groups in total. The SMILES string of the molecule is CCCNC(=O)OC/C=C(\C)CC(C/C(C)=C/Cc1c(OC)c(C)c2c(c1OCOCCOC)C(=O)OC2)C(=O)O. The van der Waals surface area contributed by atoms with Crippen LogP contribution in [0.3, 0.4) is 0 Å². The highest BCUT2D eigenvalue weighted by atomic mass is 16.7. The Morgan fingerprint density at radius 2 is 1.80 bits per heavy atom. The minimum atomic E-state index is -0.918. The van der Waals surface area contributed by atoms with Gasteiger partial charge in [-0.3, -0.25) is 4.79 Å². The molecule has 41 heavy (non-hydrogen) atoms. The van der Waals surface area contributed by atoms with Crippen molar-refractivity contribution in [2.24, 2.45) is 5.92 Å². The number of aliphatic carboxylic acids is 1. The number of carbonyl (C=O) groups excluding carboxylic acids is 2. The van der Waals surface area contributed by atoms with Gasteiger partial charge in [0.2, 0.25) is 0 Å². The van der Waals surface area contributed by atoms with E-state index in [1.54, 1.807) is 20.3 Å². The predicted octanol–water partition coefficient (Wildman–Crippen LogP) is 4.73. The lowest BCUT2D eigenvalue weighted by molar-refractivity contribution is -0.141. The number of hydrogen-bond acceptors (Lipinski definition) is 9. The number of allylic oxidation sites excluding steroid dienone is 3. The van der Waals surface area contributed by atoms with Gasteiger partial charge in [0.25, 0.3) is 0 Å². The van der Waals surface area contributed by atoms with Crippen LogP contribution in [-0.4, -0.2) is 70.5 Å². The van der Waals surface area contributed by atoms with Crippen molar-refractivity contribution in [3.05, 3.63) is 45.6 Å². The molecule has 11 nitrogen and oxygen atoms in total. The Morgan fingerprint density at radius 1 is 1.10 bits per heavy atom. The standard InChI is InChI=1S/C30H43NO10/c1-7-11-31-30(35)39-12-10-20(3)16-22(28(32)33)15-19(2)8-9-23-26(37-6)21(4)24-17-40-29(34)25(24)27(23)41-18-38-14-13-36-5/h8,10,22H,7,9,11-18H2,1-6H3,(H,31,35)(H,32,33)/b19-8+,20-10+. The summed E-state index contributed by atoms with van der Waals surface area (Å²) >= 11 is 0. The van der Waals surface area contributed by atoms with Crippen LogP contribution < -0.4 is 14.8 Å². The van der Waals surface area contributed by atoms with E-state index in [9.17, 15) is 19.5 Å². The summed E-state index contributed by atoms with van der Waals surface area (Å²) in [4.78, 5) is 36.3. The van der Waals surface area contributed by atoms with Crippen LogP contribution in [0, 0.1) is 12.8 Å². The lowest BCUT2D eigenvalue weighted by Crippen LogP contribution is -2.25. The molecule has 11 heteroatoms. The topological polar surface area (TPSA) is 139 Å². The molecule has 0 saturated heterocycles.